The number of nitrogens with zero attached hydrogens (tertiary/aromatic N) is 2. The Morgan fingerprint density at radius 3 is 3.05 bits per heavy atom. The third-order valence-electron chi connectivity index (χ3n) is 3.57. The molecule has 0 saturated carbocycles. The molecule has 3 heterocycles. The van der Waals surface area contributed by atoms with E-state index in [0.29, 0.717) is 23.4 Å². The number of para-hydroxylation sites is 1. The molecule has 1 aromatic carbocycles. The average molecular weight is 267 g/mol. The second-order valence-corrected chi connectivity index (χ2v) is 4.86. The molecule has 100 valence electrons. The summed E-state index contributed by atoms with van der Waals surface area (Å²) in [4.78, 5) is 4.39. The van der Waals surface area contributed by atoms with Gasteiger partial charge >= 0.3 is 0 Å². The van der Waals surface area contributed by atoms with E-state index in [-0.39, 0.29) is 0 Å². The SMILES string of the molecule is c1coc(-c2noc(CC3CNc4ccccc43)n2)c1. The fourth-order valence-corrected chi connectivity index (χ4v) is 2.59. The molecule has 0 bridgehead atoms. The highest BCUT2D eigenvalue weighted by Crippen LogP contribution is 2.33. The van der Waals surface area contributed by atoms with Gasteiger partial charge in [-0.25, -0.2) is 0 Å². The monoisotopic (exact) mass is 267 g/mol. The highest BCUT2D eigenvalue weighted by atomic mass is 16.5. The molecule has 0 fully saturated rings. The molecule has 2 aromatic heterocycles. The number of nitrogens with one attached hydrogen (secondary N) is 1. The van der Waals surface area contributed by atoms with Crippen molar-refractivity contribution in [1.82, 2.24) is 10.1 Å². The molecule has 1 N–H and O–H groups in total. The Bertz CT molecular complexity index is 718. The summed E-state index contributed by atoms with van der Waals surface area (Å²) in [7, 11) is 0. The molecule has 5 nitrogen and oxygen atoms in total. The average Bonchev–Trinajstić information content (AvgIpc) is 3.19. The van der Waals surface area contributed by atoms with E-state index in [9.17, 15) is 0 Å². The zero-order valence-electron chi connectivity index (χ0n) is 10.7. The van der Waals surface area contributed by atoms with E-state index in [2.05, 4.69) is 33.7 Å². The minimum atomic E-state index is 0.371. The molecule has 1 atom stereocenters. The van der Waals surface area contributed by atoms with Crippen LogP contribution < -0.4 is 5.32 Å². The molecule has 0 aliphatic carbocycles. The Hall–Kier alpha value is -2.56. The molecule has 1 aliphatic rings. The minimum absolute atomic E-state index is 0.371. The first-order valence-electron chi connectivity index (χ1n) is 6.59. The van der Waals surface area contributed by atoms with E-state index in [1.807, 2.05) is 18.2 Å². The Kier molecular flexibility index (Phi) is 2.55. The van der Waals surface area contributed by atoms with E-state index in [1.54, 1.807) is 6.26 Å². The number of hydrogen-bond acceptors (Lipinski definition) is 5. The van der Waals surface area contributed by atoms with Crippen LogP contribution in [0.25, 0.3) is 11.6 Å². The van der Waals surface area contributed by atoms with E-state index < -0.39 is 0 Å². The second-order valence-electron chi connectivity index (χ2n) is 4.86. The van der Waals surface area contributed by atoms with Crippen LogP contribution in [0, 0.1) is 0 Å². The zero-order valence-corrected chi connectivity index (χ0v) is 10.7. The lowest BCUT2D eigenvalue weighted by molar-refractivity contribution is 0.371. The lowest BCUT2D eigenvalue weighted by Crippen LogP contribution is -2.05. The third kappa shape index (κ3) is 1.87. The predicted molar refractivity (Wildman–Crippen MR) is 73.4 cm³/mol. The summed E-state index contributed by atoms with van der Waals surface area (Å²) in [5, 5.41) is 7.35. The van der Waals surface area contributed by atoms with Crippen molar-refractivity contribution < 1.29 is 8.94 Å². The van der Waals surface area contributed by atoms with Gasteiger partial charge in [-0.15, -0.1) is 0 Å². The Balaban J connectivity index is 1.56. The highest BCUT2D eigenvalue weighted by Gasteiger charge is 2.24. The number of anilines is 1. The summed E-state index contributed by atoms with van der Waals surface area (Å²) in [6.07, 6.45) is 2.33. The van der Waals surface area contributed by atoms with Crippen LogP contribution in [-0.4, -0.2) is 16.7 Å². The quantitative estimate of drug-likeness (QED) is 0.790. The third-order valence-corrected chi connectivity index (χ3v) is 3.57. The van der Waals surface area contributed by atoms with E-state index in [4.69, 9.17) is 8.94 Å². The predicted octanol–water partition coefficient (Wildman–Crippen LogP) is 3.08. The van der Waals surface area contributed by atoms with Gasteiger partial charge in [0.1, 0.15) is 0 Å². The van der Waals surface area contributed by atoms with Gasteiger partial charge in [-0.2, -0.15) is 4.98 Å². The van der Waals surface area contributed by atoms with Crippen LogP contribution >= 0.6 is 0 Å². The first-order valence-corrected chi connectivity index (χ1v) is 6.59. The van der Waals surface area contributed by atoms with Crippen molar-refractivity contribution in [3.05, 3.63) is 54.1 Å². The van der Waals surface area contributed by atoms with Crippen LogP contribution in [0.4, 0.5) is 5.69 Å². The summed E-state index contributed by atoms with van der Waals surface area (Å²) in [5.41, 5.74) is 2.51. The molecule has 4 rings (SSSR count). The molecule has 0 saturated heterocycles. The number of aromatic nitrogens is 2. The fourth-order valence-electron chi connectivity index (χ4n) is 2.59. The number of fused-ring (bicyclic) bond motifs is 1. The summed E-state index contributed by atoms with van der Waals surface area (Å²) >= 11 is 0. The second kappa shape index (κ2) is 4.52. The van der Waals surface area contributed by atoms with Gasteiger partial charge in [-0.05, 0) is 23.8 Å². The van der Waals surface area contributed by atoms with Crippen molar-refractivity contribution in [2.75, 3.05) is 11.9 Å². The van der Waals surface area contributed by atoms with Crippen LogP contribution in [0.15, 0.2) is 51.6 Å². The molecule has 5 heteroatoms. The largest absolute Gasteiger partial charge is 0.461 e. The Morgan fingerprint density at radius 2 is 2.15 bits per heavy atom. The van der Waals surface area contributed by atoms with Gasteiger partial charge in [0.15, 0.2) is 5.76 Å². The number of rotatable bonds is 3. The lowest BCUT2D eigenvalue weighted by Gasteiger charge is -2.05. The normalized spacial score (nSPS) is 16.9. The highest BCUT2D eigenvalue weighted by molar-refractivity contribution is 5.57. The van der Waals surface area contributed by atoms with Crippen molar-refractivity contribution in [2.45, 2.75) is 12.3 Å². The number of furan rings is 1. The maximum atomic E-state index is 5.32. The van der Waals surface area contributed by atoms with Crippen molar-refractivity contribution in [2.24, 2.45) is 0 Å². The molecule has 1 unspecified atom stereocenters. The maximum absolute atomic E-state index is 5.32. The first kappa shape index (κ1) is 11.3. The first-order chi connectivity index (χ1) is 9.90. The minimum Gasteiger partial charge on any atom is -0.461 e. The molecule has 0 amide bonds. The van der Waals surface area contributed by atoms with E-state index in [0.717, 1.165) is 13.0 Å². The summed E-state index contributed by atoms with van der Waals surface area (Å²) in [6, 6.07) is 12.0. The summed E-state index contributed by atoms with van der Waals surface area (Å²) < 4.78 is 10.6. The zero-order chi connectivity index (χ0) is 13.4. The van der Waals surface area contributed by atoms with Gasteiger partial charge in [-0.1, -0.05) is 23.4 Å². The van der Waals surface area contributed by atoms with Gasteiger partial charge in [0, 0.05) is 24.6 Å². The number of benzene rings is 1. The van der Waals surface area contributed by atoms with Crippen molar-refractivity contribution in [1.29, 1.82) is 0 Å². The molecule has 3 aromatic rings. The molecule has 0 spiro atoms. The lowest BCUT2D eigenvalue weighted by atomic mass is 9.98. The van der Waals surface area contributed by atoms with E-state index >= 15 is 0 Å². The standard InChI is InChI=1S/C15H13N3O2/c1-2-5-12-11(4-1)10(9-16-12)8-14-17-15(18-20-14)13-6-3-7-19-13/h1-7,10,16H,8-9H2. The molecular weight excluding hydrogens is 254 g/mol. The smallest absolute Gasteiger partial charge is 0.238 e. The van der Waals surface area contributed by atoms with Crippen molar-refractivity contribution in [3.63, 3.8) is 0 Å². The fraction of sp³-hybridized carbons (Fsp3) is 0.200. The van der Waals surface area contributed by atoms with Gasteiger partial charge in [0.05, 0.1) is 6.26 Å². The Labute approximate surface area is 115 Å². The van der Waals surface area contributed by atoms with Crippen molar-refractivity contribution >= 4 is 5.69 Å². The molecular formula is C15H13N3O2. The van der Waals surface area contributed by atoms with Crippen LogP contribution in [-0.2, 0) is 6.42 Å². The van der Waals surface area contributed by atoms with E-state index in [1.165, 1.54) is 11.3 Å². The van der Waals surface area contributed by atoms with Gasteiger partial charge in [0.2, 0.25) is 11.7 Å². The summed E-state index contributed by atoms with van der Waals surface area (Å²) in [6.45, 7) is 0.901. The van der Waals surface area contributed by atoms with Crippen LogP contribution in [0.1, 0.15) is 17.4 Å². The molecule has 1 aliphatic heterocycles. The van der Waals surface area contributed by atoms with Crippen LogP contribution in [0.5, 0.6) is 0 Å². The summed E-state index contributed by atoms with van der Waals surface area (Å²) in [5.74, 6) is 2.14. The van der Waals surface area contributed by atoms with Gasteiger partial charge in [0.25, 0.3) is 0 Å². The molecule has 0 radical (unpaired) electrons. The molecule has 20 heavy (non-hydrogen) atoms. The van der Waals surface area contributed by atoms with Gasteiger partial charge < -0.3 is 14.3 Å². The van der Waals surface area contributed by atoms with Crippen LogP contribution in [0.2, 0.25) is 0 Å². The number of hydrogen-bond donors (Lipinski definition) is 1. The topological polar surface area (TPSA) is 64.1 Å². The van der Waals surface area contributed by atoms with Crippen molar-refractivity contribution in [3.8, 4) is 11.6 Å². The van der Waals surface area contributed by atoms with Gasteiger partial charge in [-0.3, -0.25) is 0 Å². The maximum Gasteiger partial charge on any atom is 0.238 e. The Morgan fingerprint density at radius 1 is 1.20 bits per heavy atom. The van der Waals surface area contributed by atoms with Crippen LogP contribution in [0.3, 0.4) is 0 Å².